The quantitative estimate of drug-likeness (QED) is 0.816. The van der Waals surface area contributed by atoms with Crippen LogP contribution in [0, 0.1) is 5.41 Å². The minimum atomic E-state index is -1.04. The molecule has 1 unspecified atom stereocenters. The van der Waals surface area contributed by atoms with E-state index in [-0.39, 0.29) is 22.8 Å². The maximum atomic E-state index is 11.8. The largest absolute Gasteiger partial charge is 0.497 e. The second-order valence-corrected chi connectivity index (χ2v) is 8.72. The van der Waals surface area contributed by atoms with Gasteiger partial charge in [0.15, 0.2) is 5.78 Å². The number of carboxylic acids is 1. The summed E-state index contributed by atoms with van der Waals surface area (Å²) in [6, 6.07) is 4.70. The average Bonchev–Trinajstić information content (AvgIpc) is 2.60. The first-order valence-corrected chi connectivity index (χ1v) is 9.81. The van der Waals surface area contributed by atoms with Crippen LogP contribution in [0.5, 0.6) is 5.75 Å². The predicted molar refractivity (Wildman–Crippen MR) is 107 cm³/mol. The lowest BCUT2D eigenvalue weighted by Crippen LogP contribution is -2.44. The molecule has 0 saturated carbocycles. The fourth-order valence-corrected chi connectivity index (χ4v) is 4.64. The number of hydrogen-bond donors (Lipinski definition) is 2. The monoisotopic (exact) mass is 388 g/mol. The Morgan fingerprint density at radius 1 is 1.33 bits per heavy atom. The standard InChI is InChI=1S/C20H24N2O4S/c1-11(23)17-10-27-18-15(8-20(2,3)9-16(18)22-17)21-14-6-5-12(26-4)7-13(14)19(24)25/h5-7,17,22H,8-10H2,1-4H3,(H,24,25)/b21-15+. The summed E-state index contributed by atoms with van der Waals surface area (Å²) in [5.74, 6) is 0.225. The fourth-order valence-electron chi connectivity index (χ4n) is 3.40. The van der Waals surface area contributed by atoms with Crippen LogP contribution in [0.1, 0.15) is 44.0 Å². The molecule has 2 aliphatic rings. The minimum Gasteiger partial charge on any atom is -0.497 e. The maximum absolute atomic E-state index is 11.8. The van der Waals surface area contributed by atoms with Gasteiger partial charge in [-0.3, -0.25) is 9.79 Å². The molecule has 6 nitrogen and oxygen atoms in total. The van der Waals surface area contributed by atoms with Crippen LogP contribution in [0.25, 0.3) is 0 Å². The van der Waals surface area contributed by atoms with Crippen LogP contribution in [-0.2, 0) is 4.79 Å². The summed E-state index contributed by atoms with van der Waals surface area (Å²) in [6.45, 7) is 5.91. The molecule has 0 saturated heterocycles. The number of Topliss-reactive ketones (excluding diaryl/α,β-unsaturated/α-hetero) is 1. The Kier molecular flexibility index (Phi) is 5.33. The van der Waals surface area contributed by atoms with Crippen molar-refractivity contribution in [1.29, 1.82) is 0 Å². The minimum absolute atomic E-state index is 0.0280. The van der Waals surface area contributed by atoms with E-state index in [9.17, 15) is 14.7 Å². The van der Waals surface area contributed by atoms with Gasteiger partial charge < -0.3 is 15.2 Å². The van der Waals surface area contributed by atoms with Crippen molar-refractivity contribution < 1.29 is 19.4 Å². The number of nitrogens with zero attached hydrogens (tertiary/aromatic N) is 1. The van der Waals surface area contributed by atoms with Crippen molar-refractivity contribution in [2.24, 2.45) is 10.4 Å². The second kappa shape index (κ2) is 7.38. The van der Waals surface area contributed by atoms with Gasteiger partial charge in [0.2, 0.25) is 0 Å². The summed E-state index contributed by atoms with van der Waals surface area (Å²) in [5.41, 5.74) is 2.40. The Morgan fingerprint density at radius 3 is 2.70 bits per heavy atom. The normalized spacial score (nSPS) is 22.8. The summed E-state index contributed by atoms with van der Waals surface area (Å²) in [4.78, 5) is 29.2. The molecule has 0 fully saturated rings. The van der Waals surface area contributed by atoms with Crippen LogP contribution in [-0.4, -0.2) is 41.5 Å². The van der Waals surface area contributed by atoms with Gasteiger partial charge in [-0.1, -0.05) is 13.8 Å². The van der Waals surface area contributed by atoms with Crippen molar-refractivity contribution in [3.8, 4) is 5.75 Å². The highest BCUT2D eigenvalue weighted by molar-refractivity contribution is 8.04. The lowest BCUT2D eigenvalue weighted by Gasteiger charge is -2.38. The van der Waals surface area contributed by atoms with E-state index in [4.69, 9.17) is 9.73 Å². The number of thioether (sulfide) groups is 1. The molecule has 1 aliphatic heterocycles. The predicted octanol–water partition coefficient (Wildman–Crippen LogP) is 3.79. The lowest BCUT2D eigenvalue weighted by atomic mass is 9.78. The van der Waals surface area contributed by atoms with Crippen molar-refractivity contribution in [3.05, 3.63) is 34.4 Å². The molecule has 7 heteroatoms. The molecule has 3 rings (SSSR count). The number of ether oxygens (including phenoxy) is 1. The Hall–Kier alpha value is -2.28. The number of aromatic carboxylic acids is 1. The molecule has 2 N–H and O–H groups in total. The molecule has 1 aliphatic carbocycles. The number of carboxylic acid groups (broad SMARTS) is 1. The van der Waals surface area contributed by atoms with Crippen molar-refractivity contribution in [3.63, 3.8) is 0 Å². The molecule has 0 radical (unpaired) electrons. The van der Waals surface area contributed by atoms with E-state index in [0.29, 0.717) is 17.2 Å². The number of carbonyl (C=O) groups excluding carboxylic acids is 1. The number of rotatable bonds is 4. The Bertz CT molecular complexity index is 858. The van der Waals surface area contributed by atoms with E-state index in [1.807, 2.05) is 0 Å². The number of methoxy groups -OCH3 is 1. The third-order valence-corrected chi connectivity index (χ3v) is 6.03. The van der Waals surface area contributed by atoms with Crippen LogP contribution in [0.2, 0.25) is 0 Å². The summed E-state index contributed by atoms with van der Waals surface area (Å²) < 4.78 is 5.14. The van der Waals surface area contributed by atoms with E-state index >= 15 is 0 Å². The maximum Gasteiger partial charge on any atom is 0.338 e. The van der Waals surface area contributed by atoms with Crippen molar-refractivity contribution in [1.82, 2.24) is 5.32 Å². The molecule has 0 aromatic heterocycles. The second-order valence-electron chi connectivity index (χ2n) is 7.69. The van der Waals surface area contributed by atoms with E-state index < -0.39 is 5.97 Å². The third-order valence-electron chi connectivity index (χ3n) is 4.76. The molecule has 0 spiro atoms. The smallest absolute Gasteiger partial charge is 0.338 e. The number of hydrogen-bond acceptors (Lipinski definition) is 6. The highest BCUT2D eigenvalue weighted by atomic mass is 32.2. The molecule has 0 amide bonds. The Balaban J connectivity index is 2.06. The molecule has 27 heavy (non-hydrogen) atoms. The van der Waals surface area contributed by atoms with Gasteiger partial charge >= 0.3 is 5.97 Å². The number of benzene rings is 1. The number of carbonyl (C=O) groups is 2. The summed E-state index contributed by atoms with van der Waals surface area (Å²) in [7, 11) is 1.50. The highest BCUT2D eigenvalue weighted by Gasteiger charge is 2.36. The first-order chi connectivity index (χ1) is 12.7. The number of aliphatic imine (C=N–C) groups is 1. The number of nitrogens with one attached hydrogen (secondary N) is 1. The molecule has 0 bridgehead atoms. The topological polar surface area (TPSA) is 88.0 Å². The van der Waals surface area contributed by atoms with Gasteiger partial charge in [-0.05, 0) is 43.4 Å². The van der Waals surface area contributed by atoms with E-state index in [1.165, 1.54) is 13.2 Å². The van der Waals surface area contributed by atoms with Crippen LogP contribution >= 0.6 is 11.8 Å². The first-order valence-electron chi connectivity index (χ1n) is 8.82. The van der Waals surface area contributed by atoms with Crippen molar-refractivity contribution in [2.45, 2.75) is 39.7 Å². The Labute approximate surface area is 163 Å². The summed E-state index contributed by atoms with van der Waals surface area (Å²) in [6.07, 6.45) is 1.59. The fraction of sp³-hybridized carbons (Fsp3) is 0.450. The summed E-state index contributed by atoms with van der Waals surface area (Å²) in [5, 5.41) is 12.9. The van der Waals surface area contributed by atoms with Crippen LogP contribution in [0.15, 0.2) is 33.8 Å². The van der Waals surface area contributed by atoms with Crippen LogP contribution in [0.3, 0.4) is 0 Å². The molecule has 1 atom stereocenters. The zero-order chi connectivity index (χ0) is 19.8. The van der Waals surface area contributed by atoms with Gasteiger partial charge in [0.25, 0.3) is 0 Å². The molecule has 1 aromatic carbocycles. The first kappa shape index (κ1) is 19.5. The van der Waals surface area contributed by atoms with Gasteiger partial charge in [0.05, 0.1) is 30.1 Å². The highest BCUT2D eigenvalue weighted by Crippen LogP contribution is 2.43. The molecule has 1 aromatic rings. The molecule has 1 heterocycles. The van der Waals surface area contributed by atoms with Gasteiger partial charge in [0, 0.05) is 16.4 Å². The van der Waals surface area contributed by atoms with Crippen molar-refractivity contribution in [2.75, 3.05) is 12.9 Å². The van der Waals surface area contributed by atoms with E-state index in [1.54, 1.807) is 30.8 Å². The van der Waals surface area contributed by atoms with Gasteiger partial charge in [-0.15, -0.1) is 11.8 Å². The number of ketones is 1. The van der Waals surface area contributed by atoms with Gasteiger partial charge in [0.1, 0.15) is 5.75 Å². The third kappa shape index (κ3) is 4.18. The van der Waals surface area contributed by atoms with E-state index in [2.05, 4.69) is 19.2 Å². The Morgan fingerprint density at radius 2 is 2.07 bits per heavy atom. The van der Waals surface area contributed by atoms with E-state index in [0.717, 1.165) is 29.2 Å². The number of allylic oxidation sites excluding steroid dienone is 2. The van der Waals surface area contributed by atoms with Crippen LogP contribution in [0.4, 0.5) is 5.69 Å². The summed E-state index contributed by atoms with van der Waals surface area (Å²) >= 11 is 1.63. The zero-order valence-electron chi connectivity index (χ0n) is 16.0. The molecular formula is C20H24N2O4S. The van der Waals surface area contributed by atoms with Gasteiger partial charge in [-0.25, -0.2) is 4.79 Å². The lowest BCUT2D eigenvalue weighted by molar-refractivity contribution is -0.118. The zero-order valence-corrected chi connectivity index (χ0v) is 16.8. The van der Waals surface area contributed by atoms with Crippen LogP contribution < -0.4 is 10.1 Å². The average molecular weight is 388 g/mol. The molecular weight excluding hydrogens is 364 g/mol. The van der Waals surface area contributed by atoms with Crippen molar-refractivity contribution >= 4 is 34.9 Å². The SMILES string of the molecule is COc1ccc(/N=C2\CC(C)(C)CC3=C2SCC(C(C)=O)N3)c(C(=O)O)c1. The van der Waals surface area contributed by atoms with Gasteiger partial charge in [-0.2, -0.15) is 0 Å². The molecule has 144 valence electrons.